The average Bonchev–Trinajstić information content (AvgIpc) is 2.40. The van der Waals surface area contributed by atoms with Crippen LogP contribution in [-0.4, -0.2) is 13.4 Å². The Balaban J connectivity index is 2.20. The van der Waals surface area contributed by atoms with Crippen molar-refractivity contribution in [1.82, 2.24) is 4.98 Å². The minimum absolute atomic E-state index is 0.260. The molecule has 0 aliphatic heterocycles. The molecular weight excluding hydrogens is 260 g/mol. The Bertz CT molecular complexity index is 622. The second kappa shape index (κ2) is 5.84. The van der Waals surface area contributed by atoms with E-state index in [2.05, 4.69) is 16.6 Å². The fraction of sp³-hybridized carbons (Fsp3) is 0.214. The van der Waals surface area contributed by atoms with Gasteiger partial charge in [-0.1, -0.05) is 25.5 Å². The molecule has 0 unspecified atom stereocenters. The third-order valence-corrected chi connectivity index (χ3v) is 4.08. The second-order valence-electron chi connectivity index (χ2n) is 4.24. The number of pyridine rings is 1. The van der Waals surface area contributed by atoms with Crippen LogP contribution < -0.4 is 4.72 Å². The maximum Gasteiger partial charge on any atom is 0.261 e. The molecule has 0 bridgehead atoms. The minimum atomic E-state index is -3.54. The van der Waals surface area contributed by atoms with Gasteiger partial charge in [0.25, 0.3) is 10.0 Å². The highest BCUT2D eigenvalue weighted by atomic mass is 32.2. The number of nitrogens with one attached hydrogen (secondary N) is 1. The van der Waals surface area contributed by atoms with Gasteiger partial charge >= 0.3 is 0 Å². The molecule has 5 heteroatoms. The summed E-state index contributed by atoms with van der Waals surface area (Å²) in [5.74, 6) is 0. The molecular formula is C14H16N2O2S. The summed E-state index contributed by atoms with van der Waals surface area (Å²) in [5, 5.41) is 0. The number of hydrogen-bond acceptors (Lipinski definition) is 3. The third kappa shape index (κ3) is 3.54. The number of anilines is 1. The Morgan fingerprint density at radius 3 is 2.47 bits per heavy atom. The number of aromatic nitrogens is 1. The van der Waals surface area contributed by atoms with E-state index in [0.717, 1.165) is 18.4 Å². The SMILES string of the molecule is CCCc1ccc(S(=O)(=O)Nc2cccnc2)cc1. The average molecular weight is 276 g/mol. The lowest BCUT2D eigenvalue weighted by atomic mass is 10.1. The van der Waals surface area contributed by atoms with Gasteiger partial charge in [0.05, 0.1) is 16.8 Å². The molecule has 19 heavy (non-hydrogen) atoms. The fourth-order valence-corrected chi connectivity index (χ4v) is 2.80. The molecule has 0 aliphatic rings. The highest BCUT2D eigenvalue weighted by molar-refractivity contribution is 7.92. The van der Waals surface area contributed by atoms with Gasteiger partial charge in [-0.15, -0.1) is 0 Å². The summed E-state index contributed by atoms with van der Waals surface area (Å²) < 4.78 is 26.8. The maximum atomic E-state index is 12.1. The molecule has 1 N–H and O–H groups in total. The number of sulfonamides is 1. The highest BCUT2D eigenvalue weighted by Gasteiger charge is 2.13. The van der Waals surface area contributed by atoms with Crippen LogP contribution in [0.15, 0.2) is 53.7 Å². The largest absolute Gasteiger partial charge is 0.278 e. The maximum absolute atomic E-state index is 12.1. The van der Waals surface area contributed by atoms with Crippen LogP contribution in [0.25, 0.3) is 0 Å². The smallest absolute Gasteiger partial charge is 0.261 e. The van der Waals surface area contributed by atoms with Gasteiger partial charge in [0.1, 0.15) is 0 Å². The summed E-state index contributed by atoms with van der Waals surface area (Å²) in [5.41, 5.74) is 1.60. The molecule has 1 heterocycles. The standard InChI is InChI=1S/C14H16N2O2S/c1-2-4-12-6-8-14(9-7-12)19(17,18)16-13-5-3-10-15-11-13/h3,5-11,16H,2,4H2,1H3. The van der Waals surface area contributed by atoms with E-state index in [9.17, 15) is 8.42 Å². The summed E-state index contributed by atoms with van der Waals surface area (Å²) in [6, 6.07) is 10.3. The Kier molecular flexibility index (Phi) is 4.16. The van der Waals surface area contributed by atoms with Crippen LogP contribution in [0.1, 0.15) is 18.9 Å². The van der Waals surface area contributed by atoms with Crippen molar-refractivity contribution in [3.8, 4) is 0 Å². The molecule has 0 radical (unpaired) electrons. The van der Waals surface area contributed by atoms with E-state index >= 15 is 0 Å². The molecule has 0 amide bonds. The molecule has 4 nitrogen and oxygen atoms in total. The number of aryl methyl sites for hydroxylation is 1. The topological polar surface area (TPSA) is 59.1 Å². The van der Waals surface area contributed by atoms with Gasteiger partial charge < -0.3 is 0 Å². The summed E-state index contributed by atoms with van der Waals surface area (Å²) >= 11 is 0. The lowest BCUT2D eigenvalue weighted by Gasteiger charge is -2.08. The van der Waals surface area contributed by atoms with Gasteiger partial charge in [0.15, 0.2) is 0 Å². The normalized spacial score (nSPS) is 11.2. The molecule has 1 aromatic carbocycles. The monoisotopic (exact) mass is 276 g/mol. The first kappa shape index (κ1) is 13.5. The van der Waals surface area contributed by atoms with Gasteiger partial charge in [-0.3, -0.25) is 9.71 Å². The zero-order valence-electron chi connectivity index (χ0n) is 10.7. The first-order chi connectivity index (χ1) is 9.12. The first-order valence-electron chi connectivity index (χ1n) is 6.13. The fourth-order valence-electron chi connectivity index (χ4n) is 1.76. The Morgan fingerprint density at radius 2 is 1.89 bits per heavy atom. The molecule has 100 valence electrons. The van der Waals surface area contributed by atoms with Gasteiger partial charge in [-0.2, -0.15) is 0 Å². The Labute approximate surface area is 113 Å². The van der Waals surface area contributed by atoms with E-state index in [0.29, 0.717) is 5.69 Å². The van der Waals surface area contributed by atoms with Gasteiger partial charge in [-0.25, -0.2) is 8.42 Å². The van der Waals surface area contributed by atoms with E-state index in [-0.39, 0.29) is 4.90 Å². The van der Waals surface area contributed by atoms with E-state index in [4.69, 9.17) is 0 Å². The van der Waals surface area contributed by atoms with Gasteiger partial charge in [0.2, 0.25) is 0 Å². The van der Waals surface area contributed by atoms with E-state index in [1.807, 2.05) is 12.1 Å². The predicted octanol–water partition coefficient (Wildman–Crippen LogP) is 2.83. The molecule has 2 aromatic rings. The van der Waals surface area contributed by atoms with Crippen LogP contribution in [-0.2, 0) is 16.4 Å². The van der Waals surface area contributed by atoms with Crippen LogP contribution in [0.4, 0.5) is 5.69 Å². The van der Waals surface area contributed by atoms with Gasteiger partial charge in [-0.05, 0) is 36.2 Å². The number of rotatable bonds is 5. The van der Waals surface area contributed by atoms with E-state index < -0.39 is 10.0 Å². The van der Waals surface area contributed by atoms with Crippen molar-refractivity contribution < 1.29 is 8.42 Å². The van der Waals surface area contributed by atoms with Crippen molar-refractivity contribution in [2.75, 3.05) is 4.72 Å². The van der Waals surface area contributed by atoms with Crippen molar-refractivity contribution >= 4 is 15.7 Å². The molecule has 0 fully saturated rings. The predicted molar refractivity (Wildman–Crippen MR) is 75.5 cm³/mol. The summed E-state index contributed by atoms with van der Waals surface area (Å²) in [6.45, 7) is 2.09. The number of benzene rings is 1. The first-order valence-corrected chi connectivity index (χ1v) is 7.62. The Morgan fingerprint density at radius 1 is 1.16 bits per heavy atom. The van der Waals surface area contributed by atoms with Crippen LogP contribution in [0.3, 0.4) is 0 Å². The molecule has 0 spiro atoms. The van der Waals surface area contributed by atoms with Crippen LogP contribution in [0.5, 0.6) is 0 Å². The lowest BCUT2D eigenvalue weighted by Crippen LogP contribution is -2.13. The molecule has 1 aromatic heterocycles. The van der Waals surface area contributed by atoms with Crippen LogP contribution in [0, 0.1) is 0 Å². The zero-order chi connectivity index (χ0) is 13.7. The number of nitrogens with zero attached hydrogens (tertiary/aromatic N) is 1. The van der Waals surface area contributed by atoms with Gasteiger partial charge in [0, 0.05) is 6.20 Å². The van der Waals surface area contributed by atoms with Crippen molar-refractivity contribution in [3.05, 3.63) is 54.4 Å². The van der Waals surface area contributed by atoms with Crippen LogP contribution in [0.2, 0.25) is 0 Å². The Hall–Kier alpha value is -1.88. The summed E-state index contributed by atoms with van der Waals surface area (Å²) in [6.07, 6.45) is 5.07. The molecule has 0 saturated heterocycles. The highest BCUT2D eigenvalue weighted by Crippen LogP contribution is 2.16. The zero-order valence-corrected chi connectivity index (χ0v) is 11.5. The quantitative estimate of drug-likeness (QED) is 0.913. The summed E-state index contributed by atoms with van der Waals surface area (Å²) in [4.78, 5) is 4.13. The van der Waals surface area contributed by atoms with Crippen molar-refractivity contribution in [2.45, 2.75) is 24.7 Å². The van der Waals surface area contributed by atoms with Crippen molar-refractivity contribution in [3.63, 3.8) is 0 Å². The van der Waals surface area contributed by atoms with Crippen molar-refractivity contribution in [1.29, 1.82) is 0 Å². The summed E-state index contributed by atoms with van der Waals surface area (Å²) in [7, 11) is -3.54. The van der Waals surface area contributed by atoms with Crippen molar-refractivity contribution in [2.24, 2.45) is 0 Å². The van der Waals surface area contributed by atoms with E-state index in [1.54, 1.807) is 30.5 Å². The third-order valence-electron chi connectivity index (χ3n) is 2.69. The molecule has 0 aliphatic carbocycles. The number of hydrogen-bond donors (Lipinski definition) is 1. The molecule has 0 atom stereocenters. The van der Waals surface area contributed by atoms with E-state index in [1.165, 1.54) is 6.20 Å². The minimum Gasteiger partial charge on any atom is -0.278 e. The molecule has 0 saturated carbocycles. The second-order valence-corrected chi connectivity index (χ2v) is 5.92. The van der Waals surface area contributed by atoms with Crippen LogP contribution >= 0.6 is 0 Å². The lowest BCUT2D eigenvalue weighted by molar-refractivity contribution is 0.601. The molecule has 2 rings (SSSR count).